The van der Waals surface area contributed by atoms with Crippen molar-refractivity contribution in [3.8, 4) is 11.5 Å². The Hall–Kier alpha value is -3.10. The molecule has 3 aliphatic rings. The highest BCUT2D eigenvalue weighted by molar-refractivity contribution is 5.64. The van der Waals surface area contributed by atoms with Crippen LogP contribution in [0, 0.1) is 0 Å². The van der Waals surface area contributed by atoms with E-state index in [1.54, 1.807) is 24.3 Å². The number of hydrogen-bond acceptors (Lipinski definition) is 8. The molecule has 2 aliphatic heterocycles. The van der Waals surface area contributed by atoms with Gasteiger partial charge in [0.2, 0.25) is 0 Å². The van der Waals surface area contributed by atoms with Gasteiger partial charge in [-0.3, -0.25) is 0 Å². The molecular formula is C26H28O8. The van der Waals surface area contributed by atoms with Crippen LogP contribution in [0.4, 0.5) is 9.59 Å². The van der Waals surface area contributed by atoms with Crippen LogP contribution in [0.5, 0.6) is 11.5 Å². The summed E-state index contributed by atoms with van der Waals surface area (Å²) in [4.78, 5) is 23.7. The van der Waals surface area contributed by atoms with Gasteiger partial charge < -0.3 is 28.4 Å². The number of hydrogen-bond donors (Lipinski definition) is 0. The molecule has 2 unspecified atom stereocenters. The van der Waals surface area contributed by atoms with Crippen LogP contribution >= 0.6 is 0 Å². The van der Waals surface area contributed by atoms with Gasteiger partial charge in [0, 0.05) is 5.41 Å². The molecule has 2 aromatic carbocycles. The Bertz CT molecular complexity index is 911. The summed E-state index contributed by atoms with van der Waals surface area (Å²) in [6, 6.07) is 15.3. The summed E-state index contributed by atoms with van der Waals surface area (Å²) in [5.74, 6) is 0.880. The third kappa shape index (κ3) is 5.69. The Labute approximate surface area is 198 Å². The van der Waals surface area contributed by atoms with Gasteiger partial charge in [-0.15, -0.1) is 0 Å². The molecule has 34 heavy (non-hydrogen) atoms. The van der Waals surface area contributed by atoms with Crippen LogP contribution in [0.3, 0.4) is 0 Å². The Morgan fingerprint density at radius 2 is 1.12 bits per heavy atom. The Balaban J connectivity index is 1.26. The van der Waals surface area contributed by atoms with Crippen LogP contribution in [-0.4, -0.2) is 50.9 Å². The van der Waals surface area contributed by atoms with E-state index < -0.39 is 12.3 Å². The number of ether oxygens (including phenoxy) is 6. The molecule has 0 aromatic heterocycles. The summed E-state index contributed by atoms with van der Waals surface area (Å²) in [5.41, 5.74) is 2.18. The van der Waals surface area contributed by atoms with Crippen LogP contribution in [0.2, 0.25) is 0 Å². The van der Waals surface area contributed by atoms with Crippen molar-refractivity contribution in [1.82, 2.24) is 0 Å². The molecule has 5 rings (SSSR count). The quantitative estimate of drug-likeness (QED) is 0.311. The highest BCUT2D eigenvalue weighted by Gasteiger charge is 2.36. The van der Waals surface area contributed by atoms with Gasteiger partial charge in [0.05, 0.1) is 13.2 Å². The average Bonchev–Trinajstić information content (AvgIpc) is 3.78. The van der Waals surface area contributed by atoms with Crippen molar-refractivity contribution in [2.45, 2.75) is 49.7 Å². The molecule has 2 heterocycles. The number of epoxide rings is 2. The van der Waals surface area contributed by atoms with Crippen LogP contribution in [0.15, 0.2) is 48.5 Å². The SMILES string of the molecule is O=C(OCC1CO1)Oc1ccc(C2(c3ccc(OC(=O)OCC4CO4)cc3)CCCCC2)cc1. The molecule has 8 nitrogen and oxygen atoms in total. The highest BCUT2D eigenvalue weighted by Crippen LogP contribution is 2.45. The van der Waals surface area contributed by atoms with Gasteiger partial charge in [0.15, 0.2) is 0 Å². The van der Waals surface area contributed by atoms with Crippen molar-refractivity contribution in [3.05, 3.63) is 59.7 Å². The van der Waals surface area contributed by atoms with E-state index in [2.05, 4.69) is 0 Å². The fourth-order valence-electron chi connectivity index (χ4n) is 4.49. The summed E-state index contributed by atoms with van der Waals surface area (Å²) in [7, 11) is 0. The number of benzene rings is 2. The van der Waals surface area contributed by atoms with Crippen LogP contribution in [0.25, 0.3) is 0 Å². The smallest absolute Gasteiger partial charge is 0.431 e. The van der Waals surface area contributed by atoms with Gasteiger partial charge >= 0.3 is 12.3 Å². The predicted octanol–water partition coefficient (Wildman–Crippen LogP) is 4.77. The largest absolute Gasteiger partial charge is 0.513 e. The first-order valence-corrected chi connectivity index (χ1v) is 11.7. The first-order chi connectivity index (χ1) is 16.6. The van der Waals surface area contributed by atoms with Crippen molar-refractivity contribution in [2.24, 2.45) is 0 Å². The molecule has 3 fully saturated rings. The van der Waals surface area contributed by atoms with E-state index in [-0.39, 0.29) is 30.8 Å². The lowest BCUT2D eigenvalue weighted by Crippen LogP contribution is -2.30. The zero-order valence-corrected chi connectivity index (χ0v) is 18.9. The molecule has 1 saturated carbocycles. The van der Waals surface area contributed by atoms with E-state index in [9.17, 15) is 9.59 Å². The first kappa shape index (κ1) is 22.7. The third-order valence-electron chi connectivity index (χ3n) is 6.50. The summed E-state index contributed by atoms with van der Waals surface area (Å²) in [6.45, 7) is 1.67. The summed E-state index contributed by atoms with van der Waals surface area (Å²) >= 11 is 0. The lowest BCUT2D eigenvalue weighted by atomic mass is 9.65. The molecule has 8 heteroatoms. The first-order valence-electron chi connectivity index (χ1n) is 11.7. The maximum absolute atomic E-state index is 11.9. The molecule has 0 amide bonds. The Morgan fingerprint density at radius 3 is 1.50 bits per heavy atom. The standard InChI is InChI=1S/C26H28O8/c27-24(31-16-22-14-29-22)33-20-8-4-18(5-9-20)26(12-2-1-3-13-26)19-6-10-21(11-7-19)34-25(28)32-17-23-15-30-23/h4-11,22-23H,1-3,12-17H2. The van der Waals surface area contributed by atoms with Gasteiger partial charge in [0.1, 0.15) is 36.9 Å². The number of rotatable bonds is 8. The maximum Gasteiger partial charge on any atom is 0.513 e. The van der Waals surface area contributed by atoms with Gasteiger partial charge in [0.25, 0.3) is 0 Å². The van der Waals surface area contributed by atoms with Crippen molar-refractivity contribution in [1.29, 1.82) is 0 Å². The van der Waals surface area contributed by atoms with Crippen LogP contribution in [0.1, 0.15) is 43.2 Å². The second kappa shape index (κ2) is 10.0. The Kier molecular flexibility index (Phi) is 6.69. The van der Waals surface area contributed by atoms with Gasteiger partial charge in [-0.2, -0.15) is 0 Å². The van der Waals surface area contributed by atoms with E-state index in [0.29, 0.717) is 24.7 Å². The molecule has 0 radical (unpaired) electrons. The third-order valence-corrected chi connectivity index (χ3v) is 6.50. The van der Waals surface area contributed by atoms with Crippen LogP contribution in [-0.2, 0) is 24.4 Å². The maximum atomic E-state index is 11.9. The van der Waals surface area contributed by atoms with Gasteiger partial charge in [-0.05, 0) is 48.2 Å². The monoisotopic (exact) mass is 468 g/mol. The zero-order valence-electron chi connectivity index (χ0n) is 18.9. The lowest BCUT2D eigenvalue weighted by molar-refractivity contribution is 0.0911. The van der Waals surface area contributed by atoms with E-state index >= 15 is 0 Å². The van der Waals surface area contributed by atoms with Gasteiger partial charge in [-0.25, -0.2) is 9.59 Å². The fraction of sp³-hybridized carbons (Fsp3) is 0.462. The summed E-state index contributed by atoms with van der Waals surface area (Å²) in [5, 5.41) is 0. The number of carbonyl (C=O) groups excluding carboxylic acids is 2. The summed E-state index contributed by atoms with van der Waals surface area (Å²) < 4.78 is 30.7. The van der Waals surface area contributed by atoms with E-state index in [1.807, 2.05) is 24.3 Å². The second-order valence-corrected chi connectivity index (χ2v) is 8.93. The molecule has 0 spiro atoms. The topological polar surface area (TPSA) is 96.1 Å². The minimum Gasteiger partial charge on any atom is -0.431 e. The molecule has 1 aliphatic carbocycles. The highest BCUT2D eigenvalue weighted by atomic mass is 16.7. The Morgan fingerprint density at radius 1 is 0.706 bits per heavy atom. The van der Waals surface area contributed by atoms with E-state index in [0.717, 1.165) is 36.8 Å². The lowest BCUT2D eigenvalue weighted by Gasteiger charge is -2.38. The van der Waals surface area contributed by atoms with Crippen LogP contribution < -0.4 is 9.47 Å². The molecule has 0 N–H and O–H groups in total. The average molecular weight is 469 g/mol. The minimum atomic E-state index is -0.727. The fourth-order valence-corrected chi connectivity index (χ4v) is 4.49. The summed E-state index contributed by atoms with van der Waals surface area (Å²) in [6.07, 6.45) is 4.03. The number of carbonyl (C=O) groups is 2. The molecule has 180 valence electrons. The van der Waals surface area contributed by atoms with E-state index in [1.165, 1.54) is 6.42 Å². The van der Waals surface area contributed by atoms with Crippen molar-refractivity contribution >= 4 is 12.3 Å². The normalized spacial score (nSPS) is 22.4. The van der Waals surface area contributed by atoms with Crippen molar-refractivity contribution < 1.29 is 38.0 Å². The second-order valence-electron chi connectivity index (χ2n) is 8.93. The minimum absolute atomic E-state index is 0.000796. The van der Waals surface area contributed by atoms with Gasteiger partial charge in [-0.1, -0.05) is 43.5 Å². The molecule has 2 saturated heterocycles. The molecule has 2 atom stereocenters. The molecule has 2 aromatic rings. The van der Waals surface area contributed by atoms with Crippen molar-refractivity contribution in [3.63, 3.8) is 0 Å². The molecular weight excluding hydrogens is 440 g/mol. The zero-order chi connectivity index (χ0) is 23.4. The van der Waals surface area contributed by atoms with E-state index in [4.69, 9.17) is 28.4 Å². The van der Waals surface area contributed by atoms with Crippen molar-refractivity contribution in [2.75, 3.05) is 26.4 Å². The predicted molar refractivity (Wildman–Crippen MR) is 120 cm³/mol. The molecule has 0 bridgehead atoms.